The average Bonchev–Trinajstić information content (AvgIpc) is 3.34. The largest absolute Gasteiger partial charge is 0.361 e. The molecular weight excluding hydrogens is 358 g/mol. The summed E-state index contributed by atoms with van der Waals surface area (Å²) in [5.74, 6) is 0.798. The van der Waals surface area contributed by atoms with Crippen molar-refractivity contribution in [2.75, 3.05) is 26.2 Å². The van der Waals surface area contributed by atoms with Gasteiger partial charge in [0.05, 0.1) is 0 Å². The van der Waals surface area contributed by atoms with E-state index in [4.69, 9.17) is 0 Å². The fourth-order valence-electron chi connectivity index (χ4n) is 6.85. The lowest BCUT2D eigenvalue weighted by molar-refractivity contribution is 0.0708. The van der Waals surface area contributed by atoms with Gasteiger partial charge in [0.1, 0.15) is 0 Å². The monoisotopic (exact) mass is 393 g/mol. The average molecular weight is 394 g/mol. The Morgan fingerprint density at radius 1 is 1.24 bits per heavy atom. The fourth-order valence-corrected chi connectivity index (χ4v) is 6.85. The van der Waals surface area contributed by atoms with Crippen LogP contribution in [-0.4, -0.2) is 52.9 Å². The number of carbonyl (C=O) groups is 1. The summed E-state index contributed by atoms with van der Waals surface area (Å²) in [7, 11) is 0. The highest BCUT2D eigenvalue weighted by molar-refractivity contribution is 5.99. The van der Waals surface area contributed by atoms with Crippen LogP contribution in [-0.2, 0) is 0 Å². The molecule has 2 aliphatic heterocycles. The maximum Gasteiger partial charge on any atom is 0.254 e. The Morgan fingerprint density at radius 3 is 2.83 bits per heavy atom. The van der Waals surface area contributed by atoms with E-state index in [1.807, 2.05) is 6.07 Å². The third-order valence-electron chi connectivity index (χ3n) is 7.80. The number of amides is 1. The summed E-state index contributed by atoms with van der Waals surface area (Å²) in [5.41, 5.74) is 4.01. The first-order valence-electron chi connectivity index (χ1n) is 11.4. The Morgan fingerprint density at radius 2 is 2.07 bits per heavy atom. The smallest absolute Gasteiger partial charge is 0.254 e. The molecule has 3 unspecified atom stereocenters. The van der Waals surface area contributed by atoms with E-state index in [1.54, 1.807) is 0 Å². The summed E-state index contributed by atoms with van der Waals surface area (Å²) in [6.45, 7) is 13.7. The molecular formula is C25H35N3O. The molecule has 0 radical (unpaired) electrons. The normalized spacial score (nSPS) is 31.7. The van der Waals surface area contributed by atoms with Crippen LogP contribution in [0, 0.1) is 10.8 Å². The van der Waals surface area contributed by atoms with E-state index in [9.17, 15) is 4.79 Å². The van der Waals surface area contributed by atoms with Crippen molar-refractivity contribution in [2.24, 2.45) is 10.8 Å². The first-order chi connectivity index (χ1) is 13.8. The molecule has 1 amide bonds. The van der Waals surface area contributed by atoms with Crippen molar-refractivity contribution in [1.29, 1.82) is 0 Å². The van der Waals surface area contributed by atoms with Crippen LogP contribution in [0.3, 0.4) is 0 Å². The van der Waals surface area contributed by atoms with Crippen LogP contribution < -0.4 is 0 Å². The van der Waals surface area contributed by atoms with Gasteiger partial charge in [0.15, 0.2) is 0 Å². The number of hydrogen-bond donors (Lipinski definition) is 1. The van der Waals surface area contributed by atoms with Crippen LogP contribution in [0.15, 0.2) is 24.4 Å². The molecule has 3 heterocycles. The number of fused-ring (bicyclic) bond motifs is 3. The van der Waals surface area contributed by atoms with Gasteiger partial charge in [0, 0.05) is 41.8 Å². The topological polar surface area (TPSA) is 39.3 Å². The van der Waals surface area contributed by atoms with Gasteiger partial charge in [-0.2, -0.15) is 0 Å². The number of rotatable bonds is 3. The van der Waals surface area contributed by atoms with Gasteiger partial charge in [-0.15, -0.1) is 0 Å². The quantitative estimate of drug-likeness (QED) is 0.795. The molecule has 4 nitrogen and oxygen atoms in total. The molecule has 3 atom stereocenters. The number of hydrogen-bond acceptors (Lipinski definition) is 2. The van der Waals surface area contributed by atoms with Crippen LogP contribution in [0.4, 0.5) is 0 Å². The van der Waals surface area contributed by atoms with E-state index in [-0.39, 0.29) is 11.3 Å². The minimum absolute atomic E-state index is 0.229. The maximum absolute atomic E-state index is 13.5. The molecule has 1 aliphatic carbocycles. The Balaban J connectivity index is 1.44. The second-order valence-corrected chi connectivity index (χ2v) is 11.0. The first-order valence-corrected chi connectivity index (χ1v) is 11.4. The molecule has 1 aromatic heterocycles. The molecule has 3 fully saturated rings. The van der Waals surface area contributed by atoms with E-state index in [0.717, 1.165) is 43.6 Å². The Hall–Kier alpha value is -1.81. The van der Waals surface area contributed by atoms with E-state index in [2.05, 4.69) is 60.8 Å². The molecule has 5 rings (SSSR count). The molecule has 4 heteroatoms. The van der Waals surface area contributed by atoms with Crippen molar-refractivity contribution in [3.05, 3.63) is 35.5 Å². The summed E-state index contributed by atoms with van der Waals surface area (Å²) in [5, 5.41) is 1.24. The lowest BCUT2D eigenvalue weighted by Crippen LogP contribution is -2.37. The number of likely N-dealkylation sites (N-methyl/N-ethyl adjacent to an activating group) is 1. The standard InChI is InChI=1S/C25H35N3O/c1-5-27-9-8-18(14-27)21-13-26-22-7-6-17(10-20(21)22)23(29)28-16-25(4)12-19(28)11-24(2,3)15-25/h6-7,10,13,18-19,26H,5,8-9,11-12,14-16H2,1-4H3. The van der Waals surface area contributed by atoms with Crippen molar-refractivity contribution in [2.45, 2.75) is 65.3 Å². The molecule has 2 aromatic rings. The third-order valence-corrected chi connectivity index (χ3v) is 7.80. The van der Waals surface area contributed by atoms with Gasteiger partial charge in [-0.05, 0) is 79.3 Å². The predicted octanol–water partition coefficient (Wildman–Crippen LogP) is 5.02. The van der Waals surface area contributed by atoms with Gasteiger partial charge < -0.3 is 14.8 Å². The van der Waals surface area contributed by atoms with Crippen LogP contribution in [0.1, 0.15) is 75.2 Å². The van der Waals surface area contributed by atoms with E-state index >= 15 is 0 Å². The van der Waals surface area contributed by atoms with Gasteiger partial charge in [-0.1, -0.05) is 27.7 Å². The minimum atomic E-state index is 0.229. The number of likely N-dealkylation sites (tertiary alicyclic amines) is 2. The summed E-state index contributed by atoms with van der Waals surface area (Å²) in [6.07, 6.45) is 6.89. The van der Waals surface area contributed by atoms with Crippen molar-refractivity contribution in [3.8, 4) is 0 Å². The molecule has 1 saturated carbocycles. The lowest BCUT2D eigenvalue weighted by Gasteiger charge is -2.39. The molecule has 2 saturated heterocycles. The highest BCUT2D eigenvalue weighted by Crippen LogP contribution is 2.52. The summed E-state index contributed by atoms with van der Waals surface area (Å²) in [6, 6.07) is 6.68. The molecule has 156 valence electrons. The van der Waals surface area contributed by atoms with E-state index < -0.39 is 0 Å². The van der Waals surface area contributed by atoms with Crippen LogP contribution in [0.2, 0.25) is 0 Å². The Kier molecular flexibility index (Phi) is 4.36. The molecule has 1 N–H and O–H groups in total. The van der Waals surface area contributed by atoms with Crippen molar-refractivity contribution < 1.29 is 4.79 Å². The van der Waals surface area contributed by atoms with E-state index in [1.165, 1.54) is 30.3 Å². The summed E-state index contributed by atoms with van der Waals surface area (Å²) >= 11 is 0. The maximum atomic E-state index is 13.5. The number of nitrogens with zero attached hydrogens (tertiary/aromatic N) is 2. The number of carbonyl (C=O) groups excluding carboxylic acids is 1. The molecule has 1 aromatic carbocycles. The number of H-pyrrole nitrogens is 1. The fraction of sp³-hybridized carbons (Fsp3) is 0.640. The van der Waals surface area contributed by atoms with E-state index in [0.29, 0.717) is 17.4 Å². The van der Waals surface area contributed by atoms with Gasteiger partial charge in [-0.3, -0.25) is 4.79 Å². The van der Waals surface area contributed by atoms with Crippen LogP contribution in [0.25, 0.3) is 10.9 Å². The highest BCUT2D eigenvalue weighted by atomic mass is 16.2. The molecule has 29 heavy (non-hydrogen) atoms. The zero-order valence-electron chi connectivity index (χ0n) is 18.4. The van der Waals surface area contributed by atoms with Crippen LogP contribution in [0.5, 0.6) is 0 Å². The number of aromatic amines is 1. The summed E-state index contributed by atoms with van der Waals surface area (Å²) < 4.78 is 0. The van der Waals surface area contributed by atoms with Crippen molar-refractivity contribution >= 4 is 16.8 Å². The van der Waals surface area contributed by atoms with Crippen molar-refractivity contribution in [3.63, 3.8) is 0 Å². The predicted molar refractivity (Wildman–Crippen MR) is 118 cm³/mol. The minimum Gasteiger partial charge on any atom is -0.361 e. The third kappa shape index (κ3) is 3.30. The zero-order valence-corrected chi connectivity index (χ0v) is 18.4. The Bertz CT molecular complexity index is 945. The van der Waals surface area contributed by atoms with Crippen LogP contribution >= 0.6 is 0 Å². The van der Waals surface area contributed by atoms with Crippen molar-refractivity contribution in [1.82, 2.24) is 14.8 Å². The number of benzene rings is 1. The molecule has 3 aliphatic rings. The van der Waals surface area contributed by atoms with Gasteiger partial charge in [-0.25, -0.2) is 0 Å². The highest BCUT2D eigenvalue weighted by Gasteiger charge is 2.51. The SMILES string of the molecule is CCN1CCC(c2c[nH]c3ccc(C(=O)N4CC5(C)CC4CC(C)(C)C5)cc23)C1. The van der Waals surface area contributed by atoms with Gasteiger partial charge >= 0.3 is 0 Å². The Labute approximate surface area is 174 Å². The number of nitrogens with one attached hydrogen (secondary N) is 1. The van der Waals surface area contributed by atoms with Gasteiger partial charge in [0.2, 0.25) is 0 Å². The first kappa shape index (κ1) is 19.2. The molecule has 0 spiro atoms. The lowest BCUT2D eigenvalue weighted by atomic mass is 9.65. The van der Waals surface area contributed by atoms with Gasteiger partial charge in [0.25, 0.3) is 5.91 Å². The second kappa shape index (κ2) is 6.60. The number of aromatic nitrogens is 1. The zero-order chi connectivity index (χ0) is 20.4. The second-order valence-electron chi connectivity index (χ2n) is 11.0. The molecule has 2 bridgehead atoms. The summed E-state index contributed by atoms with van der Waals surface area (Å²) in [4.78, 5) is 21.7.